The number of ketones is 1. The molecular weight excluding hydrogens is 672 g/mol. The number of fused-ring (bicyclic) bond motifs is 4. The number of aliphatic hydroxyl groups excluding tert-OH is 1. The van der Waals surface area contributed by atoms with E-state index in [1.165, 1.54) is 12.7 Å². The first kappa shape index (κ1) is 32.6. The average molecular weight is 721 g/mol. The van der Waals surface area contributed by atoms with Gasteiger partial charge in [-0.15, -0.1) is 0 Å². The zero-order valence-electron chi connectivity index (χ0n) is 31.2. The second kappa shape index (κ2) is 10.3. The number of aliphatic imine (C=N–C) groups is 1. The van der Waals surface area contributed by atoms with Crippen LogP contribution in [0, 0.1) is 34.5 Å². The molecule has 1 N–H and O–H groups in total. The highest BCUT2D eigenvalue weighted by molar-refractivity contribution is 6.37. The van der Waals surface area contributed by atoms with Crippen molar-refractivity contribution < 1.29 is 33.7 Å². The molecule has 12 atom stereocenters. The third-order valence-electron chi connectivity index (χ3n) is 16.6. The lowest BCUT2D eigenvalue weighted by molar-refractivity contribution is -0.232. The van der Waals surface area contributed by atoms with Crippen molar-refractivity contribution in [3.8, 4) is 5.75 Å². The fraction of sp³-hybridized carbons (Fsp3) is 0.619. The van der Waals surface area contributed by atoms with Crippen LogP contribution in [0.25, 0.3) is 5.57 Å². The smallest absolute Gasteiger partial charge is 0.310 e. The molecule has 3 aliphatic carbocycles. The molecule has 0 radical (unpaired) electrons. The highest BCUT2D eigenvalue weighted by Crippen LogP contribution is 2.71. The summed E-state index contributed by atoms with van der Waals surface area (Å²) in [6.07, 6.45) is 9.34. The maximum Gasteiger partial charge on any atom is 0.310 e. The standard InChI is InChI=1S/C42H48N4O7/c1-6-22-18-46-12-10-41-26-16-32(48)24(14-29(26)43-42(41,46)8-7-23(22)34(41)37(49)52-5)25-13-27-30(17-33(25)51-4)44(3)36-31-15-28-35-38(50)53-20-39(28,21(2)47)19-45(31)11-9-40(27,35)36/h6,13-14,16-17,21,23,28,31,34-36,47H,7-12,15,18-20H2,1-5H3/t21-,23+,28+,31?,34?,35?,36-,39-,40-,41-,42-/m0/s1. The zero-order chi connectivity index (χ0) is 36.6. The predicted octanol–water partition coefficient (Wildman–Crippen LogP) is 3.29. The average Bonchev–Trinajstić information content (AvgIpc) is 3.65. The maximum absolute atomic E-state index is 14.7. The molecule has 11 heteroatoms. The number of carbonyl (C=O) groups excluding carboxylic acids is 3. The van der Waals surface area contributed by atoms with Crippen molar-refractivity contribution in [3.05, 3.63) is 52.6 Å². The number of hydrogen-bond donors (Lipinski definition) is 1. The molecule has 278 valence electrons. The fourth-order valence-electron chi connectivity index (χ4n) is 14.6. The fourth-order valence-corrected chi connectivity index (χ4v) is 14.6. The van der Waals surface area contributed by atoms with E-state index in [1.54, 1.807) is 13.2 Å². The number of hydrogen-bond acceptors (Lipinski definition) is 11. The molecule has 53 heavy (non-hydrogen) atoms. The maximum atomic E-state index is 14.7. The number of methoxy groups -OCH3 is 2. The SMILES string of the molecule is CC=C1CN2CC[C@@]34C5=CC(=O)C(c6cc7c(cc6OC)N(C)[C@H]6C8C[C@@H]9C%10C(=O)OC[C@]9([C@H](C)O)CN8CC[C@]7%106)=CC5=N[C@@]23CC[C@H]1C4C(=O)OC. The summed E-state index contributed by atoms with van der Waals surface area (Å²) in [5.74, 6) is -0.684. The Hall–Kier alpha value is -3.80. The number of likely N-dealkylation sites (N-methyl/N-ethyl adjacent to an activating group) is 1. The minimum atomic E-state index is -0.636. The third kappa shape index (κ3) is 3.43. The van der Waals surface area contributed by atoms with Gasteiger partial charge in [-0.25, -0.2) is 0 Å². The Morgan fingerprint density at radius 1 is 1.15 bits per heavy atom. The van der Waals surface area contributed by atoms with E-state index in [4.69, 9.17) is 19.2 Å². The lowest BCUT2D eigenvalue weighted by Gasteiger charge is -2.69. The molecule has 4 unspecified atom stereocenters. The topological polar surface area (TPSA) is 121 Å². The quantitative estimate of drug-likeness (QED) is 0.282. The van der Waals surface area contributed by atoms with E-state index in [-0.39, 0.29) is 48.2 Å². The van der Waals surface area contributed by atoms with Gasteiger partial charge in [0, 0.05) is 66.4 Å². The van der Waals surface area contributed by atoms with E-state index in [0.29, 0.717) is 16.9 Å². The van der Waals surface area contributed by atoms with Crippen LogP contribution in [0.5, 0.6) is 5.75 Å². The predicted molar refractivity (Wildman–Crippen MR) is 195 cm³/mol. The van der Waals surface area contributed by atoms with Crippen molar-refractivity contribution in [2.75, 3.05) is 59.0 Å². The van der Waals surface area contributed by atoms with Gasteiger partial charge in [0.05, 0.1) is 49.3 Å². The number of aliphatic hydroxyl groups is 1. The molecule has 11 aliphatic rings. The van der Waals surface area contributed by atoms with Crippen molar-refractivity contribution in [3.63, 3.8) is 0 Å². The number of rotatable bonds is 4. The molecule has 11 nitrogen and oxygen atoms in total. The molecular formula is C42H48N4O7. The highest BCUT2D eigenvalue weighted by Gasteiger charge is 2.76. The van der Waals surface area contributed by atoms with Gasteiger partial charge in [0.2, 0.25) is 0 Å². The van der Waals surface area contributed by atoms with Gasteiger partial charge in [-0.2, -0.15) is 0 Å². The molecule has 1 aromatic carbocycles. The molecule has 12 rings (SSSR count). The van der Waals surface area contributed by atoms with Crippen molar-refractivity contribution in [2.24, 2.45) is 39.5 Å². The summed E-state index contributed by atoms with van der Waals surface area (Å²) in [7, 11) is 5.25. The van der Waals surface area contributed by atoms with Crippen LogP contribution in [-0.2, 0) is 29.3 Å². The molecule has 8 fully saturated rings. The van der Waals surface area contributed by atoms with Gasteiger partial charge in [0.15, 0.2) is 5.78 Å². The highest BCUT2D eigenvalue weighted by atomic mass is 16.5. The van der Waals surface area contributed by atoms with Gasteiger partial charge in [0.25, 0.3) is 0 Å². The van der Waals surface area contributed by atoms with Gasteiger partial charge in [-0.1, -0.05) is 11.6 Å². The molecule has 2 saturated carbocycles. The molecule has 6 saturated heterocycles. The Bertz CT molecular complexity index is 2070. The van der Waals surface area contributed by atoms with Gasteiger partial charge in [-0.3, -0.25) is 29.2 Å². The summed E-state index contributed by atoms with van der Waals surface area (Å²) >= 11 is 0. The van der Waals surface area contributed by atoms with Crippen LogP contribution in [0.4, 0.5) is 5.69 Å². The Kier molecular flexibility index (Phi) is 6.33. The molecule has 0 amide bonds. The van der Waals surface area contributed by atoms with Crippen LogP contribution in [-0.4, -0.2) is 116 Å². The molecule has 8 heterocycles. The van der Waals surface area contributed by atoms with E-state index < -0.39 is 39.8 Å². The number of esters is 2. The second-order valence-electron chi connectivity index (χ2n) is 17.7. The van der Waals surface area contributed by atoms with Crippen LogP contribution < -0.4 is 9.64 Å². The van der Waals surface area contributed by atoms with E-state index in [2.05, 4.69) is 46.9 Å². The van der Waals surface area contributed by atoms with E-state index >= 15 is 0 Å². The Labute approximate surface area is 309 Å². The van der Waals surface area contributed by atoms with E-state index in [1.807, 2.05) is 13.0 Å². The van der Waals surface area contributed by atoms with Crippen LogP contribution in [0.15, 0.2) is 46.5 Å². The largest absolute Gasteiger partial charge is 0.496 e. The number of allylic oxidation sites excluding steroid dienone is 4. The number of piperidine rings is 2. The molecule has 8 aliphatic heterocycles. The zero-order valence-corrected chi connectivity index (χ0v) is 31.2. The first-order valence-electron chi connectivity index (χ1n) is 19.6. The van der Waals surface area contributed by atoms with Crippen molar-refractivity contribution in [1.82, 2.24) is 9.80 Å². The molecule has 1 spiro atoms. The van der Waals surface area contributed by atoms with Crippen molar-refractivity contribution in [2.45, 2.75) is 75.2 Å². The number of carbonyl (C=O) groups is 3. The number of nitrogens with zero attached hydrogens (tertiary/aromatic N) is 4. The Morgan fingerprint density at radius 3 is 2.74 bits per heavy atom. The van der Waals surface area contributed by atoms with Gasteiger partial charge in [0.1, 0.15) is 18.0 Å². The Balaban J connectivity index is 1.07. The van der Waals surface area contributed by atoms with E-state index in [9.17, 15) is 19.5 Å². The van der Waals surface area contributed by atoms with Crippen molar-refractivity contribution >= 4 is 34.7 Å². The normalized spacial score (nSPS) is 45.0. The van der Waals surface area contributed by atoms with Crippen LogP contribution in [0.3, 0.4) is 0 Å². The number of ether oxygens (including phenoxy) is 3. The summed E-state index contributed by atoms with van der Waals surface area (Å²) < 4.78 is 17.7. The van der Waals surface area contributed by atoms with Gasteiger partial charge >= 0.3 is 11.9 Å². The van der Waals surface area contributed by atoms with Crippen LogP contribution >= 0.6 is 0 Å². The summed E-state index contributed by atoms with van der Waals surface area (Å²) in [6.45, 7) is 7.30. The lowest BCUT2D eigenvalue weighted by Crippen LogP contribution is -2.79. The Morgan fingerprint density at radius 2 is 1.98 bits per heavy atom. The van der Waals surface area contributed by atoms with E-state index in [0.717, 1.165) is 80.8 Å². The number of cyclic esters (lactones) is 1. The second-order valence-corrected chi connectivity index (χ2v) is 17.7. The van der Waals surface area contributed by atoms with Crippen molar-refractivity contribution in [1.29, 1.82) is 0 Å². The summed E-state index contributed by atoms with van der Waals surface area (Å²) in [6, 6.07) is 4.49. The van der Waals surface area contributed by atoms with Gasteiger partial charge in [-0.05, 0) is 93.7 Å². The monoisotopic (exact) mass is 720 g/mol. The molecule has 0 aromatic heterocycles. The summed E-state index contributed by atoms with van der Waals surface area (Å²) in [4.78, 5) is 55.6. The molecule has 7 bridgehead atoms. The summed E-state index contributed by atoms with van der Waals surface area (Å²) in [5.41, 5.74) is 3.91. The molecule has 1 aromatic rings. The first-order chi connectivity index (χ1) is 25.5. The minimum Gasteiger partial charge on any atom is -0.496 e. The third-order valence-corrected chi connectivity index (χ3v) is 16.6. The van der Waals surface area contributed by atoms with Crippen LogP contribution in [0.2, 0.25) is 0 Å². The lowest BCUT2D eigenvalue weighted by atomic mass is 9.44. The van der Waals surface area contributed by atoms with Gasteiger partial charge < -0.3 is 24.2 Å². The summed E-state index contributed by atoms with van der Waals surface area (Å²) in [5, 5.41) is 11.3. The van der Waals surface area contributed by atoms with Crippen LogP contribution in [0.1, 0.15) is 57.1 Å². The first-order valence-corrected chi connectivity index (χ1v) is 19.6. The number of anilines is 1. The minimum absolute atomic E-state index is 0.00209. The number of benzene rings is 1.